The van der Waals surface area contributed by atoms with Crippen LogP contribution in [-0.2, 0) is 11.3 Å². The fourth-order valence-corrected chi connectivity index (χ4v) is 3.15. The Bertz CT molecular complexity index is 828. The number of aromatic nitrogens is 4. The smallest absolute Gasteiger partial charge is 0.182 e. The van der Waals surface area contributed by atoms with Gasteiger partial charge in [-0.2, -0.15) is 5.10 Å². The van der Waals surface area contributed by atoms with Gasteiger partial charge in [-0.3, -0.25) is 4.98 Å². The van der Waals surface area contributed by atoms with Crippen molar-refractivity contribution >= 4 is 11.6 Å². The number of ether oxygens (including phenoxy) is 1. The molecule has 0 amide bonds. The number of benzene rings is 1. The average molecular weight is 341 g/mol. The van der Waals surface area contributed by atoms with Crippen LogP contribution in [-0.4, -0.2) is 33.0 Å². The van der Waals surface area contributed by atoms with E-state index in [-0.39, 0.29) is 5.92 Å². The van der Waals surface area contributed by atoms with Gasteiger partial charge in [-0.05, 0) is 36.2 Å². The molecule has 0 spiro atoms. The van der Waals surface area contributed by atoms with Gasteiger partial charge in [-0.25, -0.2) is 9.67 Å². The minimum Gasteiger partial charge on any atom is -0.381 e. The number of hydrogen-bond acceptors (Lipinski definition) is 4. The first-order valence-electron chi connectivity index (χ1n) is 7.97. The van der Waals surface area contributed by atoms with Gasteiger partial charge in [-0.1, -0.05) is 23.7 Å². The van der Waals surface area contributed by atoms with Crippen molar-refractivity contribution in [1.29, 1.82) is 0 Å². The Hall–Kier alpha value is -2.24. The van der Waals surface area contributed by atoms with E-state index in [1.807, 2.05) is 41.1 Å². The van der Waals surface area contributed by atoms with Gasteiger partial charge >= 0.3 is 0 Å². The molecule has 24 heavy (non-hydrogen) atoms. The molecule has 5 nitrogen and oxygen atoms in total. The molecule has 1 atom stereocenters. The Morgan fingerprint density at radius 1 is 1.25 bits per heavy atom. The van der Waals surface area contributed by atoms with Crippen molar-refractivity contribution in [3.05, 3.63) is 65.2 Å². The lowest BCUT2D eigenvalue weighted by Crippen LogP contribution is -2.11. The molecule has 0 bridgehead atoms. The molecule has 0 saturated carbocycles. The van der Waals surface area contributed by atoms with Gasteiger partial charge in [0.25, 0.3) is 0 Å². The van der Waals surface area contributed by atoms with E-state index in [1.165, 1.54) is 0 Å². The molecule has 1 aliphatic rings. The maximum absolute atomic E-state index is 6.11. The van der Waals surface area contributed by atoms with E-state index in [0.29, 0.717) is 19.0 Å². The summed E-state index contributed by atoms with van der Waals surface area (Å²) in [4.78, 5) is 8.94. The van der Waals surface area contributed by atoms with Crippen LogP contribution in [0.1, 0.15) is 23.7 Å². The molecule has 0 aliphatic carbocycles. The number of halogens is 1. The van der Waals surface area contributed by atoms with Gasteiger partial charge in [0.05, 0.1) is 13.2 Å². The highest BCUT2D eigenvalue weighted by molar-refractivity contribution is 6.30. The second-order valence-electron chi connectivity index (χ2n) is 5.88. The first-order chi connectivity index (χ1) is 11.8. The molecular formula is C18H17ClN4O. The standard InChI is InChI=1S/C18H17ClN4O/c19-16-5-1-3-13(9-16)11-23-18(15-6-8-24-12-15)21-17(22-23)14-4-2-7-20-10-14/h1-5,7,9-10,15H,6,8,11-12H2. The molecular weight excluding hydrogens is 324 g/mol. The first kappa shape index (κ1) is 15.3. The Morgan fingerprint density at radius 2 is 2.21 bits per heavy atom. The van der Waals surface area contributed by atoms with E-state index >= 15 is 0 Å². The van der Waals surface area contributed by atoms with Crippen LogP contribution >= 0.6 is 11.6 Å². The first-order valence-corrected chi connectivity index (χ1v) is 8.35. The number of pyridine rings is 1. The van der Waals surface area contributed by atoms with Crippen molar-refractivity contribution in [2.45, 2.75) is 18.9 Å². The third-order valence-corrected chi connectivity index (χ3v) is 4.37. The van der Waals surface area contributed by atoms with E-state index in [0.717, 1.165) is 35.0 Å². The zero-order valence-corrected chi connectivity index (χ0v) is 13.9. The monoisotopic (exact) mass is 340 g/mol. The molecule has 1 fully saturated rings. The van der Waals surface area contributed by atoms with Crippen LogP contribution in [0, 0.1) is 0 Å². The van der Waals surface area contributed by atoms with E-state index in [1.54, 1.807) is 12.4 Å². The molecule has 2 aromatic heterocycles. The van der Waals surface area contributed by atoms with E-state index in [9.17, 15) is 0 Å². The Balaban J connectivity index is 1.72. The van der Waals surface area contributed by atoms with Crippen molar-refractivity contribution in [2.24, 2.45) is 0 Å². The summed E-state index contributed by atoms with van der Waals surface area (Å²) in [6.45, 7) is 2.11. The van der Waals surface area contributed by atoms with Crippen molar-refractivity contribution in [3.63, 3.8) is 0 Å². The quantitative estimate of drug-likeness (QED) is 0.729. The zero-order chi connectivity index (χ0) is 16.4. The Kier molecular flexibility index (Phi) is 4.28. The third-order valence-electron chi connectivity index (χ3n) is 4.14. The van der Waals surface area contributed by atoms with Gasteiger partial charge in [0.1, 0.15) is 5.82 Å². The average Bonchev–Trinajstić information content (AvgIpc) is 3.25. The summed E-state index contributed by atoms with van der Waals surface area (Å²) in [5, 5.41) is 5.44. The third kappa shape index (κ3) is 3.18. The predicted octanol–water partition coefficient (Wildman–Crippen LogP) is 3.55. The molecule has 1 aliphatic heterocycles. The molecule has 3 aromatic rings. The highest BCUT2D eigenvalue weighted by Crippen LogP contribution is 2.27. The number of hydrogen-bond donors (Lipinski definition) is 0. The number of rotatable bonds is 4. The van der Waals surface area contributed by atoms with Gasteiger partial charge in [-0.15, -0.1) is 0 Å². The molecule has 1 saturated heterocycles. The van der Waals surface area contributed by atoms with E-state index in [2.05, 4.69) is 4.98 Å². The minimum absolute atomic E-state index is 0.280. The molecule has 6 heteroatoms. The molecule has 0 radical (unpaired) electrons. The highest BCUT2D eigenvalue weighted by atomic mass is 35.5. The van der Waals surface area contributed by atoms with Crippen LogP contribution in [0.3, 0.4) is 0 Å². The summed E-state index contributed by atoms with van der Waals surface area (Å²) < 4.78 is 7.50. The van der Waals surface area contributed by atoms with Crippen molar-refractivity contribution in [2.75, 3.05) is 13.2 Å². The summed E-state index contributed by atoms with van der Waals surface area (Å²) >= 11 is 6.11. The zero-order valence-electron chi connectivity index (χ0n) is 13.1. The lowest BCUT2D eigenvalue weighted by atomic mass is 10.1. The fraction of sp³-hybridized carbons (Fsp3) is 0.278. The summed E-state index contributed by atoms with van der Waals surface area (Å²) in [5.41, 5.74) is 2.02. The van der Waals surface area contributed by atoms with Crippen LogP contribution < -0.4 is 0 Å². The van der Waals surface area contributed by atoms with Crippen molar-refractivity contribution < 1.29 is 4.74 Å². The lowest BCUT2D eigenvalue weighted by Gasteiger charge is -2.10. The second kappa shape index (κ2) is 6.71. The lowest BCUT2D eigenvalue weighted by molar-refractivity contribution is 0.192. The molecule has 1 aromatic carbocycles. The van der Waals surface area contributed by atoms with Crippen molar-refractivity contribution in [3.8, 4) is 11.4 Å². The highest BCUT2D eigenvalue weighted by Gasteiger charge is 2.25. The van der Waals surface area contributed by atoms with Gasteiger partial charge in [0.15, 0.2) is 5.82 Å². The van der Waals surface area contributed by atoms with Crippen LogP contribution in [0.4, 0.5) is 0 Å². The molecule has 3 heterocycles. The molecule has 1 unspecified atom stereocenters. The van der Waals surface area contributed by atoms with Crippen LogP contribution in [0.15, 0.2) is 48.8 Å². The summed E-state index contributed by atoms with van der Waals surface area (Å²) in [7, 11) is 0. The molecule has 4 rings (SSSR count). The topological polar surface area (TPSA) is 52.8 Å². The van der Waals surface area contributed by atoms with E-state index < -0.39 is 0 Å². The van der Waals surface area contributed by atoms with Crippen LogP contribution in [0.2, 0.25) is 5.02 Å². The predicted molar refractivity (Wildman–Crippen MR) is 92.0 cm³/mol. The number of nitrogens with zero attached hydrogens (tertiary/aromatic N) is 4. The molecule has 122 valence electrons. The second-order valence-corrected chi connectivity index (χ2v) is 6.32. The minimum atomic E-state index is 0.280. The van der Waals surface area contributed by atoms with Gasteiger partial charge in [0.2, 0.25) is 0 Å². The summed E-state index contributed by atoms with van der Waals surface area (Å²) in [6.07, 6.45) is 4.51. The SMILES string of the molecule is Clc1cccc(Cn2nc(-c3cccnc3)nc2C2CCOC2)c1. The normalized spacial score (nSPS) is 17.3. The fourth-order valence-electron chi connectivity index (χ4n) is 2.94. The maximum Gasteiger partial charge on any atom is 0.182 e. The van der Waals surface area contributed by atoms with Gasteiger partial charge in [0, 0.05) is 35.5 Å². The van der Waals surface area contributed by atoms with Gasteiger partial charge < -0.3 is 4.74 Å². The summed E-state index contributed by atoms with van der Waals surface area (Å²) in [6, 6.07) is 11.7. The Labute approximate surface area is 145 Å². The van der Waals surface area contributed by atoms with Crippen LogP contribution in [0.25, 0.3) is 11.4 Å². The summed E-state index contributed by atoms with van der Waals surface area (Å²) in [5.74, 6) is 1.94. The maximum atomic E-state index is 6.11. The Morgan fingerprint density at radius 3 is 2.96 bits per heavy atom. The van der Waals surface area contributed by atoms with E-state index in [4.69, 9.17) is 26.4 Å². The molecule has 0 N–H and O–H groups in total. The van der Waals surface area contributed by atoms with Crippen LogP contribution in [0.5, 0.6) is 0 Å². The van der Waals surface area contributed by atoms with Crippen molar-refractivity contribution in [1.82, 2.24) is 19.7 Å². The largest absolute Gasteiger partial charge is 0.381 e.